The van der Waals surface area contributed by atoms with E-state index in [2.05, 4.69) is 40.8 Å². The van der Waals surface area contributed by atoms with Crippen LogP contribution in [-0.4, -0.2) is 9.55 Å². The van der Waals surface area contributed by atoms with E-state index < -0.39 is 0 Å². The quantitative estimate of drug-likeness (QED) is 0.758. The van der Waals surface area contributed by atoms with Gasteiger partial charge in [0.05, 0.1) is 6.04 Å². The van der Waals surface area contributed by atoms with Crippen molar-refractivity contribution in [3.8, 4) is 0 Å². The summed E-state index contributed by atoms with van der Waals surface area (Å²) in [5, 5.41) is 3.37. The Labute approximate surface area is 122 Å². The third-order valence-corrected chi connectivity index (χ3v) is 4.46. The van der Waals surface area contributed by atoms with Gasteiger partial charge >= 0.3 is 0 Å². The molecule has 3 rings (SSSR count). The summed E-state index contributed by atoms with van der Waals surface area (Å²) in [5.74, 6) is 0.870. The molecule has 0 amide bonds. The first-order valence-electron chi connectivity index (χ1n) is 6.65. The Bertz CT molecular complexity index is 685. The van der Waals surface area contributed by atoms with Crippen LogP contribution in [-0.2, 0) is 0 Å². The highest BCUT2D eigenvalue weighted by molar-refractivity contribution is 7.12. The van der Waals surface area contributed by atoms with Crippen LogP contribution in [0, 0.1) is 6.92 Å². The Morgan fingerprint density at radius 2 is 1.95 bits per heavy atom. The number of thiophene rings is 1. The van der Waals surface area contributed by atoms with E-state index in [0.717, 1.165) is 11.6 Å². The van der Waals surface area contributed by atoms with Gasteiger partial charge < -0.3 is 9.88 Å². The number of anilines is 2. The van der Waals surface area contributed by atoms with Crippen molar-refractivity contribution in [2.45, 2.75) is 19.9 Å². The van der Waals surface area contributed by atoms with Crippen LogP contribution in [0.15, 0.2) is 54.9 Å². The number of rotatable bonds is 4. The summed E-state index contributed by atoms with van der Waals surface area (Å²) in [5.41, 5.74) is 1.05. The molecule has 102 valence electrons. The maximum Gasteiger partial charge on any atom is 0.207 e. The maximum absolute atomic E-state index is 4.42. The van der Waals surface area contributed by atoms with Crippen molar-refractivity contribution in [1.82, 2.24) is 9.55 Å². The molecule has 1 N–H and O–H groups in total. The summed E-state index contributed by atoms with van der Waals surface area (Å²) >= 11 is 1.83. The van der Waals surface area contributed by atoms with Crippen molar-refractivity contribution >= 4 is 23.0 Å². The Balaban J connectivity index is 1.86. The normalized spacial score (nSPS) is 12.3. The Kier molecular flexibility index (Phi) is 3.56. The SMILES string of the molecule is Cc1ccc(C(C)n2ccnc2Nc2ccccc2)s1. The second-order valence-corrected chi connectivity index (χ2v) is 6.09. The summed E-state index contributed by atoms with van der Waals surface area (Å²) < 4.78 is 2.16. The highest BCUT2D eigenvalue weighted by Gasteiger charge is 2.13. The molecule has 2 aromatic heterocycles. The lowest BCUT2D eigenvalue weighted by atomic mass is 10.2. The number of imidazole rings is 1. The highest BCUT2D eigenvalue weighted by atomic mass is 32.1. The molecular weight excluding hydrogens is 266 g/mol. The fourth-order valence-electron chi connectivity index (χ4n) is 2.19. The van der Waals surface area contributed by atoms with E-state index in [1.54, 1.807) is 0 Å². The van der Waals surface area contributed by atoms with E-state index in [1.807, 2.05) is 54.1 Å². The first kappa shape index (κ1) is 12.9. The fraction of sp³-hybridized carbons (Fsp3) is 0.188. The molecule has 20 heavy (non-hydrogen) atoms. The number of hydrogen-bond acceptors (Lipinski definition) is 3. The lowest BCUT2D eigenvalue weighted by Crippen LogP contribution is -2.08. The topological polar surface area (TPSA) is 29.9 Å². The van der Waals surface area contributed by atoms with Crippen molar-refractivity contribution in [1.29, 1.82) is 0 Å². The predicted octanol–water partition coefficient (Wildman–Crippen LogP) is 4.61. The largest absolute Gasteiger partial charge is 0.326 e. The second kappa shape index (κ2) is 5.51. The average Bonchev–Trinajstić information content (AvgIpc) is 3.08. The molecule has 1 atom stereocenters. The molecule has 0 aliphatic rings. The van der Waals surface area contributed by atoms with Gasteiger partial charge in [0.1, 0.15) is 0 Å². The number of benzene rings is 1. The molecule has 0 aliphatic carbocycles. The van der Waals surface area contributed by atoms with Gasteiger partial charge in [0.15, 0.2) is 0 Å². The zero-order valence-corrected chi connectivity index (χ0v) is 12.4. The minimum atomic E-state index is 0.280. The molecule has 1 aromatic carbocycles. The van der Waals surface area contributed by atoms with E-state index in [9.17, 15) is 0 Å². The number of para-hydroxylation sites is 1. The van der Waals surface area contributed by atoms with Gasteiger partial charge in [0, 0.05) is 27.8 Å². The molecule has 3 nitrogen and oxygen atoms in total. The fourth-order valence-corrected chi connectivity index (χ4v) is 3.12. The van der Waals surface area contributed by atoms with E-state index in [1.165, 1.54) is 9.75 Å². The van der Waals surface area contributed by atoms with Crippen molar-refractivity contribution in [3.63, 3.8) is 0 Å². The average molecular weight is 283 g/mol. The molecule has 0 bridgehead atoms. The third kappa shape index (κ3) is 2.60. The predicted molar refractivity (Wildman–Crippen MR) is 84.8 cm³/mol. The summed E-state index contributed by atoms with van der Waals surface area (Å²) in [6, 6.07) is 14.8. The van der Waals surface area contributed by atoms with Crippen molar-refractivity contribution in [2.75, 3.05) is 5.32 Å². The molecular formula is C16H17N3S. The summed E-state index contributed by atoms with van der Waals surface area (Å²) in [6.45, 7) is 4.33. The zero-order chi connectivity index (χ0) is 13.9. The second-order valence-electron chi connectivity index (χ2n) is 4.77. The van der Waals surface area contributed by atoms with Gasteiger partial charge in [0.2, 0.25) is 5.95 Å². The van der Waals surface area contributed by atoms with Crippen molar-refractivity contribution in [3.05, 3.63) is 64.6 Å². The third-order valence-electron chi connectivity index (χ3n) is 3.29. The molecule has 0 spiro atoms. The summed E-state index contributed by atoms with van der Waals surface area (Å²) in [7, 11) is 0. The zero-order valence-electron chi connectivity index (χ0n) is 11.6. The molecule has 0 saturated carbocycles. The van der Waals surface area contributed by atoms with Gasteiger partial charge in [0.25, 0.3) is 0 Å². The van der Waals surface area contributed by atoms with Gasteiger partial charge in [-0.3, -0.25) is 0 Å². The highest BCUT2D eigenvalue weighted by Crippen LogP contribution is 2.28. The van der Waals surface area contributed by atoms with E-state index in [0.29, 0.717) is 0 Å². The lowest BCUT2D eigenvalue weighted by molar-refractivity contribution is 0.658. The molecule has 1 unspecified atom stereocenters. The molecule has 0 aliphatic heterocycles. The van der Waals surface area contributed by atoms with Crippen LogP contribution >= 0.6 is 11.3 Å². The monoisotopic (exact) mass is 283 g/mol. The number of nitrogens with one attached hydrogen (secondary N) is 1. The van der Waals surface area contributed by atoms with Crippen LogP contribution in [0.4, 0.5) is 11.6 Å². The number of aryl methyl sites for hydroxylation is 1. The molecule has 4 heteroatoms. The van der Waals surface area contributed by atoms with Gasteiger partial charge in [-0.1, -0.05) is 18.2 Å². The van der Waals surface area contributed by atoms with Crippen LogP contribution < -0.4 is 5.32 Å². The Hall–Kier alpha value is -2.07. The minimum Gasteiger partial charge on any atom is -0.326 e. The lowest BCUT2D eigenvalue weighted by Gasteiger charge is -2.15. The van der Waals surface area contributed by atoms with Gasteiger partial charge in [-0.2, -0.15) is 0 Å². The van der Waals surface area contributed by atoms with Gasteiger partial charge in [-0.05, 0) is 38.1 Å². The number of hydrogen-bond donors (Lipinski definition) is 1. The minimum absolute atomic E-state index is 0.280. The van der Waals surface area contributed by atoms with Crippen LogP contribution in [0.3, 0.4) is 0 Å². The first-order valence-corrected chi connectivity index (χ1v) is 7.47. The van der Waals surface area contributed by atoms with E-state index in [4.69, 9.17) is 0 Å². The molecule has 3 aromatic rings. The number of aromatic nitrogens is 2. The number of nitrogens with zero attached hydrogens (tertiary/aromatic N) is 2. The van der Waals surface area contributed by atoms with Crippen LogP contribution in [0.5, 0.6) is 0 Å². The summed E-state index contributed by atoms with van der Waals surface area (Å²) in [6.07, 6.45) is 3.85. The van der Waals surface area contributed by atoms with Crippen LogP contribution in [0.2, 0.25) is 0 Å². The van der Waals surface area contributed by atoms with Gasteiger partial charge in [-0.25, -0.2) is 4.98 Å². The van der Waals surface area contributed by atoms with Crippen LogP contribution in [0.25, 0.3) is 0 Å². The Morgan fingerprint density at radius 3 is 2.65 bits per heavy atom. The molecule has 0 fully saturated rings. The molecule has 2 heterocycles. The maximum atomic E-state index is 4.42. The smallest absolute Gasteiger partial charge is 0.207 e. The van der Waals surface area contributed by atoms with E-state index in [-0.39, 0.29) is 6.04 Å². The van der Waals surface area contributed by atoms with Crippen LogP contribution in [0.1, 0.15) is 22.7 Å². The van der Waals surface area contributed by atoms with Crippen molar-refractivity contribution in [2.24, 2.45) is 0 Å². The molecule has 0 radical (unpaired) electrons. The standard InChI is InChI=1S/C16H17N3S/c1-12-8-9-15(20-12)13(2)19-11-10-17-16(19)18-14-6-4-3-5-7-14/h3-11,13H,1-2H3,(H,17,18). The van der Waals surface area contributed by atoms with Gasteiger partial charge in [-0.15, -0.1) is 11.3 Å². The molecule has 0 saturated heterocycles. The first-order chi connectivity index (χ1) is 9.74. The van der Waals surface area contributed by atoms with E-state index >= 15 is 0 Å². The Morgan fingerprint density at radius 1 is 1.15 bits per heavy atom. The van der Waals surface area contributed by atoms with Crippen molar-refractivity contribution < 1.29 is 0 Å². The summed E-state index contributed by atoms with van der Waals surface area (Å²) in [4.78, 5) is 7.10.